The molecule has 0 aliphatic carbocycles. The molecule has 0 radical (unpaired) electrons. The van der Waals surface area contributed by atoms with Crippen molar-refractivity contribution >= 4 is 5.69 Å². The number of benzene rings is 1. The number of anilines is 1. The lowest BCUT2D eigenvalue weighted by Crippen LogP contribution is -2.25. The molecule has 0 fully saturated rings. The smallest absolute Gasteiger partial charge is 0.166 e. The first-order chi connectivity index (χ1) is 7.99. The summed E-state index contributed by atoms with van der Waals surface area (Å²) in [5.41, 5.74) is 4.99. The summed E-state index contributed by atoms with van der Waals surface area (Å²) in [5, 5.41) is 22.1. The van der Waals surface area contributed by atoms with Crippen LogP contribution >= 0.6 is 0 Å². The average molecular weight is 246 g/mol. The van der Waals surface area contributed by atoms with Gasteiger partial charge in [0.2, 0.25) is 0 Å². The fourth-order valence-electron chi connectivity index (χ4n) is 1.52. The minimum atomic E-state index is -1.54. The first kappa shape index (κ1) is 13.8. The third kappa shape index (κ3) is 3.12. The number of rotatable bonds is 5. The number of hydrogen-bond donors (Lipinski definition) is 4. The van der Waals surface area contributed by atoms with Crippen LogP contribution in [0, 0.1) is 11.6 Å². The summed E-state index contributed by atoms with van der Waals surface area (Å²) in [6.07, 6.45) is -2.55. The number of nitrogens with one attached hydrogen (secondary N) is 1. The molecule has 2 unspecified atom stereocenters. The van der Waals surface area contributed by atoms with E-state index < -0.39 is 29.4 Å². The Kier molecular flexibility index (Phi) is 4.80. The van der Waals surface area contributed by atoms with Crippen LogP contribution in [0.15, 0.2) is 12.1 Å². The Balaban J connectivity index is 2.95. The summed E-state index contributed by atoms with van der Waals surface area (Å²) < 4.78 is 26.5. The van der Waals surface area contributed by atoms with Crippen molar-refractivity contribution in [1.82, 2.24) is 5.32 Å². The first-order valence-electron chi connectivity index (χ1n) is 5.23. The van der Waals surface area contributed by atoms with E-state index in [0.29, 0.717) is 6.54 Å². The lowest BCUT2D eigenvalue weighted by molar-refractivity contribution is 0.0121. The molecule has 0 aliphatic heterocycles. The van der Waals surface area contributed by atoms with Gasteiger partial charge in [-0.15, -0.1) is 0 Å². The van der Waals surface area contributed by atoms with Gasteiger partial charge in [-0.2, -0.15) is 0 Å². The van der Waals surface area contributed by atoms with Crippen molar-refractivity contribution in [3.05, 3.63) is 29.3 Å². The van der Waals surface area contributed by atoms with Gasteiger partial charge in [-0.3, -0.25) is 0 Å². The number of aliphatic hydroxyl groups is 2. The van der Waals surface area contributed by atoms with Crippen LogP contribution in [0.4, 0.5) is 14.5 Å². The van der Waals surface area contributed by atoms with Gasteiger partial charge in [0.1, 0.15) is 6.10 Å². The predicted octanol–water partition coefficient (Wildman–Crippen LogP) is 0.551. The summed E-state index contributed by atoms with van der Waals surface area (Å²) in [7, 11) is 1.68. The van der Waals surface area contributed by atoms with E-state index in [-0.39, 0.29) is 12.1 Å². The van der Waals surface area contributed by atoms with Crippen molar-refractivity contribution in [2.75, 3.05) is 19.3 Å². The quantitative estimate of drug-likeness (QED) is 0.572. The molecule has 0 saturated carbocycles. The van der Waals surface area contributed by atoms with Crippen molar-refractivity contribution in [2.24, 2.45) is 0 Å². The Hall–Kier alpha value is -1.24. The highest BCUT2D eigenvalue weighted by atomic mass is 19.2. The van der Waals surface area contributed by atoms with E-state index in [2.05, 4.69) is 5.32 Å². The molecule has 17 heavy (non-hydrogen) atoms. The number of hydrogen-bond acceptors (Lipinski definition) is 4. The predicted molar refractivity (Wildman–Crippen MR) is 60.3 cm³/mol. The van der Waals surface area contributed by atoms with Gasteiger partial charge in [-0.05, 0) is 32.1 Å². The van der Waals surface area contributed by atoms with E-state index in [0.717, 1.165) is 12.1 Å². The molecule has 6 heteroatoms. The summed E-state index contributed by atoms with van der Waals surface area (Å²) in [5.74, 6) is -2.32. The van der Waals surface area contributed by atoms with Gasteiger partial charge < -0.3 is 21.3 Å². The third-order valence-corrected chi connectivity index (χ3v) is 2.52. The van der Waals surface area contributed by atoms with Gasteiger partial charge in [0.25, 0.3) is 0 Å². The fraction of sp³-hybridized carbons (Fsp3) is 0.455. The molecule has 0 saturated heterocycles. The Morgan fingerprint density at radius 3 is 2.59 bits per heavy atom. The van der Waals surface area contributed by atoms with Crippen molar-refractivity contribution in [1.29, 1.82) is 0 Å². The maximum absolute atomic E-state index is 13.5. The number of nitrogens with two attached hydrogens (primary N) is 1. The summed E-state index contributed by atoms with van der Waals surface area (Å²) in [4.78, 5) is 0. The lowest BCUT2D eigenvalue weighted by atomic mass is 9.99. The second kappa shape index (κ2) is 5.90. The van der Waals surface area contributed by atoms with E-state index in [9.17, 15) is 19.0 Å². The minimum absolute atomic E-state index is 0.0834. The third-order valence-electron chi connectivity index (χ3n) is 2.52. The first-order valence-corrected chi connectivity index (χ1v) is 5.23. The van der Waals surface area contributed by atoms with Crippen molar-refractivity contribution in [2.45, 2.75) is 18.6 Å². The van der Waals surface area contributed by atoms with E-state index in [4.69, 9.17) is 5.73 Å². The second-order valence-electron chi connectivity index (χ2n) is 3.77. The van der Waals surface area contributed by atoms with Crippen LogP contribution in [0.3, 0.4) is 0 Å². The van der Waals surface area contributed by atoms with Crippen molar-refractivity contribution in [3.63, 3.8) is 0 Å². The molecular weight excluding hydrogens is 230 g/mol. The Morgan fingerprint density at radius 2 is 2.00 bits per heavy atom. The molecule has 0 spiro atoms. The molecule has 0 bridgehead atoms. The molecule has 1 aromatic rings. The Bertz CT molecular complexity index is 388. The van der Waals surface area contributed by atoms with Crippen LogP contribution in [0.1, 0.15) is 18.1 Å². The number of halogens is 2. The summed E-state index contributed by atoms with van der Waals surface area (Å²) >= 11 is 0. The standard InChI is InChI=1S/C11H16F2N2O2/c1-15-5-4-8(16)11(17)9-7(14)3-2-6(12)10(9)13/h2-3,8,11,15-17H,4-5,14H2,1H3. The Labute approximate surface area is 98.1 Å². The van der Waals surface area contributed by atoms with Crippen LogP contribution in [0.2, 0.25) is 0 Å². The average Bonchev–Trinajstić information content (AvgIpc) is 2.31. The van der Waals surface area contributed by atoms with Gasteiger partial charge in [0.05, 0.1) is 6.10 Å². The van der Waals surface area contributed by atoms with Crippen molar-refractivity contribution in [3.8, 4) is 0 Å². The van der Waals surface area contributed by atoms with Crippen LogP contribution in [-0.2, 0) is 0 Å². The van der Waals surface area contributed by atoms with Crippen LogP contribution in [-0.4, -0.2) is 29.9 Å². The normalized spacial score (nSPS) is 14.6. The SMILES string of the molecule is CNCCC(O)C(O)c1c(N)ccc(F)c1F. The highest BCUT2D eigenvalue weighted by Gasteiger charge is 2.25. The minimum Gasteiger partial charge on any atom is -0.398 e. The molecule has 4 nitrogen and oxygen atoms in total. The van der Waals surface area contributed by atoms with Crippen LogP contribution in [0.5, 0.6) is 0 Å². The maximum Gasteiger partial charge on any atom is 0.166 e. The second-order valence-corrected chi connectivity index (χ2v) is 3.77. The van der Waals surface area contributed by atoms with Crippen LogP contribution < -0.4 is 11.1 Å². The molecule has 0 aromatic heterocycles. The topological polar surface area (TPSA) is 78.5 Å². The zero-order valence-electron chi connectivity index (χ0n) is 9.45. The van der Waals surface area contributed by atoms with Gasteiger partial charge in [-0.1, -0.05) is 0 Å². The molecule has 96 valence electrons. The van der Waals surface area contributed by atoms with Gasteiger partial charge in [0, 0.05) is 11.3 Å². The zero-order valence-corrected chi connectivity index (χ0v) is 9.45. The van der Waals surface area contributed by atoms with Gasteiger partial charge in [0.15, 0.2) is 11.6 Å². The molecule has 0 aliphatic rings. The number of aliphatic hydroxyl groups excluding tert-OH is 2. The van der Waals surface area contributed by atoms with E-state index in [1.165, 1.54) is 0 Å². The molecule has 0 amide bonds. The highest BCUT2D eigenvalue weighted by molar-refractivity contribution is 5.49. The summed E-state index contributed by atoms with van der Waals surface area (Å²) in [6, 6.07) is 2.03. The fourth-order valence-corrected chi connectivity index (χ4v) is 1.52. The molecule has 0 heterocycles. The van der Waals surface area contributed by atoms with E-state index in [1.54, 1.807) is 7.05 Å². The lowest BCUT2D eigenvalue weighted by Gasteiger charge is -2.20. The largest absolute Gasteiger partial charge is 0.398 e. The highest BCUT2D eigenvalue weighted by Crippen LogP contribution is 2.28. The number of nitrogen functional groups attached to an aromatic ring is 1. The molecule has 1 aromatic carbocycles. The van der Waals surface area contributed by atoms with E-state index in [1.807, 2.05) is 0 Å². The summed E-state index contributed by atoms with van der Waals surface area (Å²) in [6.45, 7) is 0.440. The molecule has 5 N–H and O–H groups in total. The molecular formula is C11H16F2N2O2. The van der Waals surface area contributed by atoms with Gasteiger partial charge >= 0.3 is 0 Å². The monoisotopic (exact) mass is 246 g/mol. The van der Waals surface area contributed by atoms with Crippen molar-refractivity contribution < 1.29 is 19.0 Å². The zero-order chi connectivity index (χ0) is 13.0. The molecule has 2 atom stereocenters. The van der Waals surface area contributed by atoms with E-state index >= 15 is 0 Å². The van der Waals surface area contributed by atoms with Gasteiger partial charge in [-0.25, -0.2) is 8.78 Å². The Morgan fingerprint density at radius 1 is 1.35 bits per heavy atom. The maximum atomic E-state index is 13.5. The molecule has 1 rings (SSSR count). The van der Waals surface area contributed by atoms with Crippen LogP contribution in [0.25, 0.3) is 0 Å².